The molecule has 2 aromatic rings. The van der Waals surface area contributed by atoms with Crippen molar-refractivity contribution in [3.63, 3.8) is 0 Å². The average molecular weight is 243 g/mol. The van der Waals surface area contributed by atoms with Gasteiger partial charge in [0.1, 0.15) is 11.5 Å². The molecule has 2 aromatic carbocycles. The van der Waals surface area contributed by atoms with Gasteiger partial charge in [0, 0.05) is 6.42 Å². The van der Waals surface area contributed by atoms with E-state index in [1.54, 1.807) is 0 Å². The average Bonchev–Trinajstić information content (AvgIpc) is 2.42. The minimum Gasteiger partial charge on any atom is -0.493 e. The van der Waals surface area contributed by atoms with Crippen molar-refractivity contribution >= 4 is 0 Å². The third-order valence-corrected chi connectivity index (χ3v) is 2.74. The fraction of sp³-hybridized carbons (Fsp3) is 0.200. The second kappa shape index (κ2) is 6.07. The Kier molecular flexibility index (Phi) is 4.20. The molecule has 0 amide bonds. The van der Waals surface area contributed by atoms with Crippen LogP contribution in [0.4, 0.5) is 0 Å². The Morgan fingerprint density at radius 2 is 1.50 bits per heavy atom. The summed E-state index contributed by atoms with van der Waals surface area (Å²) in [6, 6.07) is 15.7. The number of aryl methyl sites for hydroxylation is 1. The Morgan fingerprint density at radius 3 is 2.11 bits per heavy atom. The van der Waals surface area contributed by atoms with Crippen molar-refractivity contribution in [3.05, 3.63) is 59.7 Å². The Labute approximate surface area is 107 Å². The Bertz CT molecular complexity index is 477. The van der Waals surface area contributed by atoms with Crippen LogP contribution in [0, 0.1) is 6.92 Å². The Morgan fingerprint density at radius 1 is 0.889 bits per heavy atom. The van der Waals surface area contributed by atoms with E-state index in [9.17, 15) is 0 Å². The smallest absolute Gasteiger partial charge is 0.146 e. The highest BCUT2D eigenvalue weighted by molar-refractivity contribution is 5.28. The van der Waals surface area contributed by atoms with Gasteiger partial charge in [-0.05, 0) is 36.8 Å². The molecule has 0 aliphatic rings. The molecule has 18 heavy (non-hydrogen) atoms. The van der Waals surface area contributed by atoms with Crippen molar-refractivity contribution in [1.29, 1.82) is 0 Å². The van der Waals surface area contributed by atoms with Crippen LogP contribution >= 0.6 is 0 Å². The zero-order valence-electron chi connectivity index (χ0n) is 10.4. The molecule has 3 nitrogen and oxygen atoms in total. The Balaban J connectivity index is 1.82. The molecule has 0 saturated carbocycles. The van der Waals surface area contributed by atoms with Crippen molar-refractivity contribution < 1.29 is 9.57 Å². The molecule has 3 heteroatoms. The molecule has 0 aromatic heterocycles. The van der Waals surface area contributed by atoms with Crippen LogP contribution in [0.2, 0.25) is 0 Å². The van der Waals surface area contributed by atoms with Crippen molar-refractivity contribution in [1.82, 2.24) is 0 Å². The molecule has 2 N–H and O–H groups in total. The normalized spacial score (nSPS) is 10.1. The van der Waals surface area contributed by atoms with Crippen LogP contribution in [0.3, 0.4) is 0 Å². The molecule has 0 spiro atoms. The van der Waals surface area contributed by atoms with Crippen LogP contribution in [0.15, 0.2) is 48.5 Å². The molecule has 2 rings (SSSR count). The van der Waals surface area contributed by atoms with E-state index in [4.69, 9.17) is 10.6 Å². The van der Waals surface area contributed by atoms with Crippen LogP contribution in [-0.4, -0.2) is 6.61 Å². The molecular formula is C15H17NO2. The van der Waals surface area contributed by atoms with Gasteiger partial charge < -0.3 is 9.57 Å². The van der Waals surface area contributed by atoms with Gasteiger partial charge in [-0.1, -0.05) is 29.8 Å². The molecule has 0 atom stereocenters. The summed E-state index contributed by atoms with van der Waals surface area (Å²) in [5, 5.41) is 0. The number of hydrogen-bond donors (Lipinski definition) is 1. The first-order valence-electron chi connectivity index (χ1n) is 5.93. The van der Waals surface area contributed by atoms with Crippen LogP contribution in [-0.2, 0) is 6.42 Å². The van der Waals surface area contributed by atoms with Gasteiger partial charge in [-0.15, -0.1) is 0 Å². The largest absolute Gasteiger partial charge is 0.493 e. The Hall–Kier alpha value is -2.00. The summed E-state index contributed by atoms with van der Waals surface area (Å²) in [5.74, 6) is 6.63. The maximum atomic E-state index is 5.67. The fourth-order valence-corrected chi connectivity index (χ4v) is 1.66. The topological polar surface area (TPSA) is 44.5 Å². The molecule has 0 heterocycles. The highest BCUT2D eigenvalue weighted by Crippen LogP contribution is 2.13. The van der Waals surface area contributed by atoms with Gasteiger partial charge in [0.25, 0.3) is 0 Å². The maximum absolute atomic E-state index is 5.67. The molecule has 0 aliphatic heterocycles. The predicted molar refractivity (Wildman–Crippen MR) is 71.6 cm³/mol. The van der Waals surface area contributed by atoms with Crippen molar-refractivity contribution in [2.24, 2.45) is 5.90 Å². The van der Waals surface area contributed by atoms with Crippen LogP contribution in [0.1, 0.15) is 11.1 Å². The van der Waals surface area contributed by atoms with E-state index in [1.165, 1.54) is 11.1 Å². The second-order valence-electron chi connectivity index (χ2n) is 4.17. The fourth-order valence-electron chi connectivity index (χ4n) is 1.66. The molecule has 0 radical (unpaired) electrons. The standard InChI is InChI=1S/C15H17NO2/c1-12-2-6-14(7-3-12)17-11-10-13-4-8-15(18-16)9-5-13/h2-9H,10-11,16H2,1H3. The zero-order chi connectivity index (χ0) is 12.8. The third-order valence-electron chi connectivity index (χ3n) is 2.74. The van der Waals surface area contributed by atoms with Crippen molar-refractivity contribution in [2.75, 3.05) is 6.61 Å². The molecule has 0 unspecified atom stereocenters. The van der Waals surface area contributed by atoms with Gasteiger partial charge >= 0.3 is 0 Å². The van der Waals surface area contributed by atoms with E-state index in [0.29, 0.717) is 12.4 Å². The van der Waals surface area contributed by atoms with Gasteiger partial charge in [-0.25, -0.2) is 0 Å². The van der Waals surface area contributed by atoms with Crippen LogP contribution < -0.4 is 15.5 Å². The number of benzene rings is 2. The molecule has 0 fully saturated rings. The summed E-state index contributed by atoms with van der Waals surface area (Å²) < 4.78 is 5.67. The lowest BCUT2D eigenvalue weighted by atomic mass is 10.1. The van der Waals surface area contributed by atoms with Crippen molar-refractivity contribution in [2.45, 2.75) is 13.3 Å². The van der Waals surface area contributed by atoms with E-state index < -0.39 is 0 Å². The van der Waals surface area contributed by atoms with E-state index in [0.717, 1.165) is 12.2 Å². The van der Waals surface area contributed by atoms with Crippen LogP contribution in [0.5, 0.6) is 11.5 Å². The van der Waals surface area contributed by atoms with E-state index in [-0.39, 0.29) is 0 Å². The third kappa shape index (κ3) is 3.50. The number of hydrogen-bond acceptors (Lipinski definition) is 3. The minimum atomic E-state index is 0.659. The summed E-state index contributed by atoms with van der Waals surface area (Å²) in [4.78, 5) is 4.62. The second-order valence-corrected chi connectivity index (χ2v) is 4.17. The monoisotopic (exact) mass is 243 g/mol. The van der Waals surface area contributed by atoms with Gasteiger partial charge in [0.05, 0.1) is 6.61 Å². The van der Waals surface area contributed by atoms with Gasteiger partial charge in [-0.2, -0.15) is 5.90 Å². The molecule has 0 bridgehead atoms. The number of ether oxygens (including phenoxy) is 1. The quantitative estimate of drug-likeness (QED) is 0.821. The lowest BCUT2D eigenvalue weighted by Crippen LogP contribution is -2.03. The van der Waals surface area contributed by atoms with E-state index in [1.807, 2.05) is 48.5 Å². The maximum Gasteiger partial charge on any atom is 0.146 e. The zero-order valence-corrected chi connectivity index (χ0v) is 10.4. The highest BCUT2D eigenvalue weighted by atomic mass is 16.6. The first-order valence-corrected chi connectivity index (χ1v) is 5.93. The van der Waals surface area contributed by atoms with E-state index in [2.05, 4.69) is 11.8 Å². The first-order chi connectivity index (χ1) is 8.78. The van der Waals surface area contributed by atoms with Gasteiger partial charge in [0.2, 0.25) is 0 Å². The summed E-state index contributed by atoms with van der Waals surface area (Å²) in [6.45, 7) is 2.72. The summed E-state index contributed by atoms with van der Waals surface area (Å²) in [7, 11) is 0. The van der Waals surface area contributed by atoms with Gasteiger partial charge in [0.15, 0.2) is 0 Å². The lowest BCUT2D eigenvalue weighted by Gasteiger charge is -2.07. The molecular weight excluding hydrogens is 226 g/mol. The number of rotatable bonds is 5. The SMILES string of the molecule is Cc1ccc(OCCc2ccc(ON)cc2)cc1. The summed E-state index contributed by atoms with van der Waals surface area (Å²) >= 11 is 0. The summed E-state index contributed by atoms with van der Waals surface area (Å²) in [5.41, 5.74) is 2.43. The minimum absolute atomic E-state index is 0.659. The first kappa shape index (κ1) is 12.5. The molecule has 0 aliphatic carbocycles. The van der Waals surface area contributed by atoms with Crippen molar-refractivity contribution in [3.8, 4) is 11.5 Å². The molecule has 0 saturated heterocycles. The predicted octanol–water partition coefficient (Wildman–Crippen LogP) is 2.87. The molecule has 94 valence electrons. The number of nitrogens with two attached hydrogens (primary N) is 1. The highest BCUT2D eigenvalue weighted by Gasteiger charge is 1.97. The van der Waals surface area contributed by atoms with E-state index >= 15 is 0 Å². The van der Waals surface area contributed by atoms with Gasteiger partial charge in [-0.3, -0.25) is 0 Å². The van der Waals surface area contributed by atoms with Crippen LogP contribution in [0.25, 0.3) is 0 Å². The summed E-state index contributed by atoms with van der Waals surface area (Å²) in [6.07, 6.45) is 0.860. The lowest BCUT2D eigenvalue weighted by molar-refractivity contribution is 0.321.